The number of nitrogens with zero attached hydrogens (tertiary/aromatic N) is 1. The van der Waals surface area contributed by atoms with Gasteiger partial charge in [0.05, 0.1) is 0 Å². The average Bonchev–Trinajstić information content (AvgIpc) is 1.61. The Morgan fingerprint density at radius 2 is 2.29 bits per heavy atom. The highest BCUT2D eigenvalue weighted by molar-refractivity contribution is 7.80. The summed E-state index contributed by atoms with van der Waals surface area (Å²) < 4.78 is 0. The molecule has 0 N–H and O–H groups in total. The van der Waals surface area contributed by atoms with Crippen molar-refractivity contribution in [2.24, 2.45) is 0 Å². The molecule has 0 aromatic rings. The van der Waals surface area contributed by atoms with Crippen molar-refractivity contribution in [1.29, 1.82) is 0 Å². The van der Waals surface area contributed by atoms with Gasteiger partial charge in [0.15, 0.2) is 0 Å². The summed E-state index contributed by atoms with van der Waals surface area (Å²) in [6, 6.07) is 0. The molecular formula is C3H7NO2S. The molecule has 4 heteroatoms. The zero-order valence-corrected chi connectivity index (χ0v) is 4.73. The first-order valence-corrected chi connectivity index (χ1v) is 2.63. The minimum absolute atomic E-state index is 0.0451. The predicted molar refractivity (Wildman–Crippen MR) is 30.3 cm³/mol. The fourth-order valence-corrected chi connectivity index (χ4v) is 0.341. The minimum atomic E-state index is -0.337. The highest BCUT2D eigenvalue weighted by Crippen LogP contribution is 1.81. The van der Waals surface area contributed by atoms with Gasteiger partial charge in [-0.15, -0.1) is 0 Å². The third-order valence-corrected chi connectivity index (χ3v) is 0.815. The highest BCUT2D eigenvalue weighted by Gasteiger charge is 1.90. The summed E-state index contributed by atoms with van der Waals surface area (Å²) in [5.41, 5.74) is 0. The average molecular weight is 121 g/mol. The summed E-state index contributed by atoms with van der Waals surface area (Å²) in [7, 11) is 0. The van der Waals surface area contributed by atoms with Gasteiger partial charge in [0, 0.05) is 11.3 Å². The molecule has 0 atom stereocenters. The van der Waals surface area contributed by atoms with Crippen LogP contribution in [-0.4, -0.2) is 17.2 Å². The monoisotopic (exact) mass is 121 g/mol. The Balaban J connectivity index is 2.82. The quantitative estimate of drug-likeness (QED) is 0.337. The number of rotatable bonds is 3. The van der Waals surface area contributed by atoms with Gasteiger partial charge in [0.1, 0.15) is 0 Å². The van der Waals surface area contributed by atoms with Gasteiger partial charge in [-0.1, -0.05) is 0 Å². The van der Waals surface area contributed by atoms with Crippen molar-refractivity contribution in [3.05, 3.63) is 10.1 Å². The van der Waals surface area contributed by atoms with Crippen LogP contribution in [0.4, 0.5) is 0 Å². The summed E-state index contributed by atoms with van der Waals surface area (Å²) in [6.45, 7) is 0.0451. The van der Waals surface area contributed by atoms with E-state index in [-0.39, 0.29) is 11.5 Å². The Morgan fingerprint density at radius 3 is 2.43 bits per heavy atom. The molecule has 0 radical (unpaired) electrons. The first-order valence-electron chi connectivity index (χ1n) is 2.00. The fourth-order valence-electron chi connectivity index (χ4n) is 0.200. The van der Waals surface area contributed by atoms with Crippen molar-refractivity contribution in [3.63, 3.8) is 0 Å². The molecule has 0 rings (SSSR count). The largest absolute Gasteiger partial charge is 0.265 e. The summed E-state index contributed by atoms with van der Waals surface area (Å²) in [5, 5.41) is 9.53. The van der Waals surface area contributed by atoms with Gasteiger partial charge in [-0.25, -0.2) is 0 Å². The number of hydrogen-bond acceptors (Lipinski definition) is 3. The van der Waals surface area contributed by atoms with Crippen molar-refractivity contribution in [1.82, 2.24) is 0 Å². The van der Waals surface area contributed by atoms with Crippen molar-refractivity contribution in [2.75, 3.05) is 12.3 Å². The van der Waals surface area contributed by atoms with Gasteiger partial charge in [0.2, 0.25) is 6.54 Å². The van der Waals surface area contributed by atoms with E-state index in [2.05, 4.69) is 12.6 Å². The Labute approximate surface area is 47.3 Å². The summed E-state index contributed by atoms with van der Waals surface area (Å²) in [4.78, 5) is 9.19. The standard InChI is InChI=1S/C3H7NO2S/c5-4(6)2-1-3-7/h7H,1-3H2. The van der Waals surface area contributed by atoms with Gasteiger partial charge >= 0.3 is 0 Å². The van der Waals surface area contributed by atoms with Crippen LogP contribution in [-0.2, 0) is 0 Å². The lowest BCUT2D eigenvalue weighted by atomic mass is 10.5. The van der Waals surface area contributed by atoms with Crippen LogP contribution < -0.4 is 0 Å². The van der Waals surface area contributed by atoms with Crippen molar-refractivity contribution >= 4 is 12.6 Å². The molecule has 42 valence electrons. The van der Waals surface area contributed by atoms with E-state index in [1.807, 2.05) is 0 Å². The first-order chi connectivity index (χ1) is 3.27. The lowest BCUT2D eigenvalue weighted by Crippen LogP contribution is -1.99. The molecule has 0 aromatic heterocycles. The van der Waals surface area contributed by atoms with Crippen LogP contribution in [0, 0.1) is 10.1 Å². The van der Waals surface area contributed by atoms with Gasteiger partial charge < -0.3 is 0 Å². The summed E-state index contributed by atoms with van der Waals surface area (Å²) in [6.07, 6.45) is 0.566. The van der Waals surface area contributed by atoms with E-state index in [0.717, 1.165) is 0 Å². The summed E-state index contributed by atoms with van der Waals surface area (Å²) in [5.74, 6) is 0.598. The highest BCUT2D eigenvalue weighted by atomic mass is 32.1. The Kier molecular flexibility index (Phi) is 3.78. The maximum absolute atomic E-state index is 9.53. The van der Waals surface area contributed by atoms with Crippen molar-refractivity contribution in [3.8, 4) is 0 Å². The Morgan fingerprint density at radius 1 is 1.71 bits per heavy atom. The van der Waals surface area contributed by atoms with Gasteiger partial charge in [-0.05, 0) is 5.75 Å². The molecule has 7 heavy (non-hydrogen) atoms. The second-order valence-electron chi connectivity index (χ2n) is 1.13. The smallest absolute Gasteiger partial charge is 0.204 e. The third-order valence-electron chi connectivity index (χ3n) is 0.499. The molecule has 0 aromatic carbocycles. The van der Waals surface area contributed by atoms with Crippen LogP contribution in [0.5, 0.6) is 0 Å². The molecule has 0 fully saturated rings. The maximum atomic E-state index is 9.53. The molecule has 0 aliphatic rings. The molecule has 0 saturated carbocycles. The normalized spacial score (nSPS) is 8.71. The molecule has 0 amide bonds. The molecule has 0 heterocycles. The van der Waals surface area contributed by atoms with E-state index in [4.69, 9.17) is 0 Å². The van der Waals surface area contributed by atoms with E-state index >= 15 is 0 Å². The van der Waals surface area contributed by atoms with Crippen molar-refractivity contribution < 1.29 is 4.92 Å². The van der Waals surface area contributed by atoms with Crippen LogP contribution in [0.3, 0.4) is 0 Å². The minimum Gasteiger partial charge on any atom is -0.265 e. The fraction of sp³-hybridized carbons (Fsp3) is 1.00. The lowest BCUT2D eigenvalue weighted by Gasteiger charge is -1.84. The van der Waals surface area contributed by atoms with Gasteiger partial charge in [-0.3, -0.25) is 10.1 Å². The predicted octanol–water partition coefficient (Wildman–Crippen LogP) is 0.583. The first kappa shape index (κ1) is 6.75. The van der Waals surface area contributed by atoms with Gasteiger partial charge in [-0.2, -0.15) is 12.6 Å². The lowest BCUT2D eigenvalue weighted by molar-refractivity contribution is -0.479. The van der Waals surface area contributed by atoms with E-state index in [9.17, 15) is 10.1 Å². The molecule has 0 bridgehead atoms. The molecular weight excluding hydrogens is 114 g/mol. The number of nitro groups is 1. The van der Waals surface area contributed by atoms with Gasteiger partial charge in [0.25, 0.3) is 0 Å². The SMILES string of the molecule is O=[N+]([O-])CCCS. The van der Waals surface area contributed by atoms with Crippen LogP contribution in [0.25, 0.3) is 0 Å². The maximum Gasteiger partial charge on any atom is 0.204 e. The molecule has 3 nitrogen and oxygen atoms in total. The van der Waals surface area contributed by atoms with E-state index in [1.54, 1.807) is 0 Å². The molecule has 0 saturated heterocycles. The second kappa shape index (κ2) is 3.92. The zero-order chi connectivity index (χ0) is 5.70. The van der Waals surface area contributed by atoms with Crippen LogP contribution >= 0.6 is 12.6 Å². The van der Waals surface area contributed by atoms with E-state index < -0.39 is 0 Å². The van der Waals surface area contributed by atoms with E-state index in [0.29, 0.717) is 12.2 Å². The molecule has 0 unspecified atom stereocenters. The molecule has 0 aliphatic heterocycles. The molecule has 0 aliphatic carbocycles. The zero-order valence-electron chi connectivity index (χ0n) is 3.83. The van der Waals surface area contributed by atoms with Crippen molar-refractivity contribution in [2.45, 2.75) is 6.42 Å². The third kappa shape index (κ3) is 5.75. The van der Waals surface area contributed by atoms with E-state index in [1.165, 1.54) is 0 Å². The number of hydrogen-bond donors (Lipinski definition) is 1. The van der Waals surface area contributed by atoms with Crippen LogP contribution in [0.1, 0.15) is 6.42 Å². The molecule has 0 spiro atoms. The van der Waals surface area contributed by atoms with Crippen LogP contribution in [0.15, 0.2) is 0 Å². The number of thiol groups is 1. The summed E-state index contributed by atoms with van der Waals surface area (Å²) >= 11 is 3.79. The Bertz CT molecular complexity index is 66.0. The Hall–Kier alpha value is -0.250. The van der Waals surface area contributed by atoms with Crippen LogP contribution in [0.2, 0.25) is 0 Å². The topological polar surface area (TPSA) is 43.1 Å². The second-order valence-corrected chi connectivity index (χ2v) is 1.58.